The fraction of sp³-hybridized carbons (Fsp3) is 0.133. The molecular weight excluding hydrogens is 400 g/mol. The molecule has 0 fully saturated rings. The molecule has 0 saturated heterocycles. The monoisotopic (exact) mass is 412 g/mol. The number of rotatable bonds is 5. The summed E-state index contributed by atoms with van der Waals surface area (Å²) >= 11 is 4.46. The van der Waals surface area contributed by atoms with E-state index in [-0.39, 0.29) is 5.56 Å². The molecule has 0 bridgehead atoms. The Morgan fingerprint density at radius 1 is 1.21 bits per heavy atom. The maximum absolute atomic E-state index is 12.0. The summed E-state index contributed by atoms with van der Waals surface area (Å²) in [7, 11) is 1.47. The first-order valence-corrected chi connectivity index (χ1v) is 8.32. The Morgan fingerprint density at radius 2 is 2.00 bits per heavy atom. The van der Waals surface area contributed by atoms with Gasteiger partial charge >= 0.3 is 5.97 Å². The van der Waals surface area contributed by atoms with Gasteiger partial charge in [-0.2, -0.15) is 0 Å². The topological polar surface area (TPSA) is 93.7 Å². The van der Waals surface area contributed by atoms with E-state index in [1.165, 1.54) is 24.5 Å². The van der Waals surface area contributed by atoms with E-state index in [0.29, 0.717) is 15.1 Å². The lowest BCUT2D eigenvalue weighted by Crippen LogP contribution is -2.43. The van der Waals surface area contributed by atoms with E-state index in [9.17, 15) is 14.4 Å². The van der Waals surface area contributed by atoms with Gasteiger partial charge in [0.1, 0.15) is 5.75 Å². The number of methoxy groups -OCH3 is 1. The van der Waals surface area contributed by atoms with Crippen LogP contribution in [0, 0.1) is 0 Å². The number of carbonyl (C=O) groups excluding carboxylic acids is 3. The summed E-state index contributed by atoms with van der Waals surface area (Å²) in [4.78, 5) is 35.7. The van der Waals surface area contributed by atoms with E-state index in [2.05, 4.69) is 26.8 Å². The molecule has 0 aliphatic rings. The van der Waals surface area contributed by atoms with Crippen molar-refractivity contribution in [2.24, 2.45) is 0 Å². The molecule has 24 heavy (non-hydrogen) atoms. The van der Waals surface area contributed by atoms with Crippen LogP contribution in [-0.2, 0) is 9.53 Å². The fourth-order valence-corrected chi connectivity index (χ4v) is 2.66. The largest absolute Gasteiger partial charge is 0.497 e. The number of hydrazine groups is 1. The third-order valence-corrected chi connectivity index (χ3v) is 4.35. The number of nitrogens with one attached hydrogen (secondary N) is 2. The van der Waals surface area contributed by atoms with Gasteiger partial charge in [-0.3, -0.25) is 20.4 Å². The van der Waals surface area contributed by atoms with Crippen molar-refractivity contribution in [2.75, 3.05) is 13.7 Å². The minimum Gasteiger partial charge on any atom is -0.497 e. The number of hydrogen-bond acceptors (Lipinski definition) is 6. The van der Waals surface area contributed by atoms with Gasteiger partial charge in [-0.25, -0.2) is 4.79 Å². The second-order valence-electron chi connectivity index (χ2n) is 4.40. The van der Waals surface area contributed by atoms with Gasteiger partial charge in [0.15, 0.2) is 6.61 Å². The maximum Gasteiger partial charge on any atom is 0.339 e. The summed E-state index contributed by atoms with van der Waals surface area (Å²) in [6.45, 7) is -0.535. The van der Waals surface area contributed by atoms with Crippen molar-refractivity contribution in [1.29, 1.82) is 0 Å². The lowest BCUT2D eigenvalue weighted by Gasteiger charge is -2.09. The Kier molecular flexibility index (Phi) is 6.33. The van der Waals surface area contributed by atoms with Crippen molar-refractivity contribution in [1.82, 2.24) is 10.9 Å². The van der Waals surface area contributed by atoms with Crippen LogP contribution in [0.1, 0.15) is 20.0 Å². The molecule has 0 aliphatic heterocycles. The second kappa shape index (κ2) is 8.46. The Labute approximate surface area is 150 Å². The SMILES string of the molecule is COc1ccc(Br)c(C(=O)OCC(=O)NNC(=O)c2cccs2)c1. The molecule has 0 radical (unpaired) electrons. The zero-order valence-electron chi connectivity index (χ0n) is 12.5. The fourth-order valence-electron chi connectivity index (χ4n) is 1.63. The summed E-state index contributed by atoms with van der Waals surface area (Å²) in [5.41, 5.74) is 4.63. The highest BCUT2D eigenvalue weighted by Gasteiger charge is 2.15. The molecule has 2 aromatic rings. The van der Waals surface area contributed by atoms with Crippen LogP contribution in [0.3, 0.4) is 0 Å². The van der Waals surface area contributed by atoms with Gasteiger partial charge in [0.25, 0.3) is 11.8 Å². The number of benzene rings is 1. The van der Waals surface area contributed by atoms with E-state index in [4.69, 9.17) is 9.47 Å². The summed E-state index contributed by atoms with van der Waals surface area (Å²) in [5, 5.41) is 1.74. The van der Waals surface area contributed by atoms with Crippen molar-refractivity contribution in [3.8, 4) is 5.75 Å². The first kappa shape index (κ1) is 18.0. The number of halogens is 1. The number of ether oxygens (including phenoxy) is 2. The van der Waals surface area contributed by atoms with Crippen molar-refractivity contribution in [3.63, 3.8) is 0 Å². The molecule has 0 atom stereocenters. The number of esters is 1. The summed E-state index contributed by atoms with van der Waals surface area (Å²) < 4.78 is 10.5. The van der Waals surface area contributed by atoms with Gasteiger partial charge < -0.3 is 9.47 Å². The van der Waals surface area contributed by atoms with E-state index in [0.717, 1.165) is 0 Å². The average Bonchev–Trinajstić information content (AvgIpc) is 3.12. The molecule has 2 amide bonds. The quantitative estimate of drug-likeness (QED) is 0.579. The zero-order valence-corrected chi connectivity index (χ0v) is 14.9. The van der Waals surface area contributed by atoms with Gasteiger partial charge in [-0.05, 0) is 45.6 Å². The highest BCUT2D eigenvalue weighted by Crippen LogP contribution is 2.23. The predicted octanol–water partition coefficient (Wildman–Crippen LogP) is 2.14. The second-order valence-corrected chi connectivity index (χ2v) is 6.20. The minimum absolute atomic E-state index is 0.227. The molecular formula is C15H13BrN2O5S. The van der Waals surface area contributed by atoms with Gasteiger partial charge in [-0.15, -0.1) is 11.3 Å². The molecule has 1 aromatic carbocycles. The normalized spacial score (nSPS) is 9.92. The molecule has 0 aliphatic carbocycles. The average molecular weight is 413 g/mol. The Morgan fingerprint density at radius 3 is 2.67 bits per heavy atom. The standard InChI is InChI=1S/C15H13BrN2O5S/c1-22-9-4-5-11(16)10(7-9)15(21)23-8-13(19)17-18-14(20)12-3-2-6-24-12/h2-7H,8H2,1H3,(H,17,19)(H,18,20). The molecule has 7 nitrogen and oxygen atoms in total. The molecule has 2 N–H and O–H groups in total. The minimum atomic E-state index is -0.694. The van der Waals surface area contributed by atoms with Gasteiger partial charge in [-0.1, -0.05) is 6.07 Å². The van der Waals surface area contributed by atoms with E-state index in [1.807, 2.05) is 0 Å². The first-order chi connectivity index (χ1) is 11.5. The van der Waals surface area contributed by atoms with Crippen LogP contribution in [0.25, 0.3) is 0 Å². The summed E-state index contributed by atoms with van der Waals surface area (Å²) in [5.74, 6) is -1.31. The van der Waals surface area contributed by atoms with Crippen molar-refractivity contribution >= 4 is 45.1 Å². The lowest BCUT2D eigenvalue weighted by molar-refractivity contribution is -0.125. The molecule has 0 unspecified atom stereocenters. The Hall–Kier alpha value is -2.39. The number of amides is 2. The summed E-state index contributed by atoms with van der Waals surface area (Å²) in [6.07, 6.45) is 0. The molecule has 2 rings (SSSR count). The van der Waals surface area contributed by atoms with Gasteiger partial charge in [0, 0.05) is 4.47 Å². The zero-order chi connectivity index (χ0) is 17.5. The van der Waals surface area contributed by atoms with Crippen LogP contribution < -0.4 is 15.6 Å². The van der Waals surface area contributed by atoms with Crippen molar-refractivity contribution < 1.29 is 23.9 Å². The van der Waals surface area contributed by atoms with E-state index >= 15 is 0 Å². The van der Waals surface area contributed by atoms with Crippen LogP contribution >= 0.6 is 27.3 Å². The number of hydrogen-bond donors (Lipinski definition) is 2. The highest BCUT2D eigenvalue weighted by atomic mass is 79.9. The van der Waals surface area contributed by atoms with Gasteiger partial charge in [0.05, 0.1) is 17.6 Å². The van der Waals surface area contributed by atoms with Crippen molar-refractivity contribution in [2.45, 2.75) is 0 Å². The number of thiophene rings is 1. The predicted molar refractivity (Wildman–Crippen MR) is 90.9 cm³/mol. The third-order valence-electron chi connectivity index (χ3n) is 2.79. The maximum atomic E-state index is 12.0. The number of carbonyl (C=O) groups is 3. The smallest absolute Gasteiger partial charge is 0.339 e. The molecule has 9 heteroatoms. The molecule has 1 aromatic heterocycles. The molecule has 0 saturated carbocycles. The van der Waals surface area contributed by atoms with E-state index < -0.39 is 24.4 Å². The Bertz CT molecular complexity index is 748. The van der Waals surface area contributed by atoms with Crippen LogP contribution in [0.4, 0.5) is 0 Å². The van der Waals surface area contributed by atoms with Crippen LogP contribution in [-0.4, -0.2) is 31.5 Å². The van der Waals surface area contributed by atoms with E-state index in [1.54, 1.807) is 29.6 Å². The molecule has 1 heterocycles. The van der Waals surface area contributed by atoms with Crippen molar-refractivity contribution in [3.05, 3.63) is 50.6 Å². The molecule has 0 spiro atoms. The summed E-state index contributed by atoms with van der Waals surface area (Å²) in [6, 6.07) is 8.13. The Balaban J connectivity index is 1.83. The third kappa shape index (κ3) is 4.80. The van der Waals surface area contributed by atoms with Crippen LogP contribution in [0.15, 0.2) is 40.2 Å². The highest BCUT2D eigenvalue weighted by molar-refractivity contribution is 9.10. The lowest BCUT2D eigenvalue weighted by atomic mass is 10.2. The van der Waals surface area contributed by atoms with Crippen LogP contribution in [0.5, 0.6) is 5.75 Å². The molecule has 126 valence electrons. The van der Waals surface area contributed by atoms with Crippen LogP contribution in [0.2, 0.25) is 0 Å². The van der Waals surface area contributed by atoms with Gasteiger partial charge in [0.2, 0.25) is 0 Å². The first-order valence-electron chi connectivity index (χ1n) is 6.64.